The fourth-order valence-corrected chi connectivity index (χ4v) is 2.61. The van der Waals surface area contributed by atoms with Crippen molar-refractivity contribution in [3.63, 3.8) is 0 Å². The zero-order valence-electron chi connectivity index (χ0n) is 12.2. The van der Waals surface area contributed by atoms with Crippen LogP contribution < -0.4 is 5.32 Å². The first-order chi connectivity index (χ1) is 9.22. The van der Waals surface area contributed by atoms with Crippen molar-refractivity contribution in [1.82, 2.24) is 10.3 Å². The first kappa shape index (κ1) is 14.0. The Morgan fingerprint density at radius 3 is 2.68 bits per heavy atom. The van der Waals surface area contributed by atoms with E-state index < -0.39 is 0 Å². The summed E-state index contributed by atoms with van der Waals surface area (Å²) in [6.45, 7) is 7.82. The minimum absolute atomic E-state index is 0.614. The van der Waals surface area contributed by atoms with Crippen LogP contribution in [0.3, 0.4) is 0 Å². The van der Waals surface area contributed by atoms with Crippen LogP contribution in [0.5, 0.6) is 0 Å². The van der Waals surface area contributed by atoms with Gasteiger partial charge >= 0.3 is 0 Å². The van der Waals surface area contributed by atoms with Crippen molar-refractivity contribution in [2.45, 2.75) is 39.7 Å². The Labute approximate surface area is 116 Å². The average molecular weight is 256 g/mol. The Morgan fingerprint density at radius 1 is 1.16 bits per heavy atom. The molecule has 1 N–H and O–H groups in total. The van der Waals surface area contributed by atoms with Crippen LogP contribution in [-0.2, 0) is 6.42 Å². The fourth-order valence-electron chi connectivity index (χ4n) is 2.61. The molecule has 2 rings (SSSR count). The van der Waals surface area contributed by atoms with Crippen LogP contribution >= 0.6 is 0 Å². The lowest BCUT2D eigenvalue weighted by Gasteiger charge is -2.20. The van der Waals surface area contributed by atoms with Crippen molar-refractivity contribution < 1.29 is 0 Å². The number of nitrogens with one attached hydrogen (secondary N) is 1. The van der Waals surface area contributed by atoms with Crippen molar-refractivity contribution in [3.8, 4) is 0 Å². The first-order valence-electron chi connectivity index (χ1n) is 7.28. The largest absolute Gasteiger partial charge is 0.313 e. The van der Waals surface area contributed by atoms with E-state index in [9.17, 15) is 0 Å². The Kier molecular flexibility index (Phi) is 4.92. The van der Waals surface area contributed by atoms with Gasteiger partial charge in [0.2, 0.25) is 0 Å². The van der Waals surface area contributed by atoms with Crippen LogP contribution in [0.2, 0.25) is 0 Å². The summed E-state index contributed by atoms with van der Waals surface area (Å²) < 4.78 is 0. The standard InChI is InChI=1S/C17H24N2/c1-4-16(13(2)3)18-12-10-15-8-5-7-14-9-6-11-19-17(14)15/h5-9,11,13,16,18H,4,10,12H2,1-3H3. The number of hydrogen-bond acceptors (Lipinski definition) is 2. The van der Waals surface area contributed by atoms with Gasteiger partial charge < -0.3 is 5.32 Å². The molecule has 0 aliphatic carbocycles. The zero-order chi connectivity index (χ0) is 13.7. The zero-order valence-corrected chi connectivity index (χ0v) is 12.2. The molecule has 0 aliphatic heterocycles. The number of para-hydroxylation sites is 1. The van der Waals surface area contributed by atoms with E-state index in [0.717, 1.165) is 18.5 Å². The molecule has 2 heteroatoms. The molecule has 0 amide bonds. The van der Waals surface area contributed by atoms with Gasteiger partial charge in [0.1, 0.15) is 0 Å². The number of pyridine rings is 1. The molecule has 1 aromatic carbocycles. The molecular formula is C17H24N2. The minimum Gasteiger partial charge on any atom is -0.313 e. The summed E-state index contributed by atoms with van der Waals surface area (Å²) in [5, 5.41) is 4.89. The Bertz CT molecular complexity index is 514. The highest BCUT2D eigenvalue weighted by Gasteiger charge is 2.09. The van der Waals surface area contributed by atoms with Gasteiger partial charge in [-0.15, -0.1) is 0 Å². The van der Waals surface area contributed by atoms with Crippen molar-refractivity contribution >= 4 is 10.9 Å². The lowest BCUT2D eigenvalue weighted by Crippen LogP contribution is -2.34. The second-order valence-corrected chi connectivity index (χ2v) is 5.46. The summed E-state index contributed by atoms with van der Waals surface area (Å²) in [6.07, 6.45) is 4.10. The second kappa shape index (κ2) is 6.67. The van der Waals surface area contributed by atoms with E-state index in [0.29, 0.717) is 12.0 Å². The number of aromatic nitrogens is 1. The predicted molar refractivity (Wildman–Crippen MR) is 82.4 cm³/mol. The van der Waals surface area contributed by atoms with E-state index in [1.807, 2.05) is 12.3 Å². The second-order valence-electron chi connectivity index (χ2n) is 5.46. The van der Waals surface area contributed by atoms with Crippen molar-refractivity contribution in [2.75, 3.05) is 6.54 Å². The lowest BCUT2D eigenvalue weighted by molar-refractivity contribution is 0.391. The van der Waals surface area contributed by atoms with Gasteiger partial charge in [-0.25, -0.2) is 0 Å². The lowest BCUT2D eigenvalue weighted by atomic mass is 10.0. The molecule has 0 fully saturated rings. The third-order valence-electron chi connectivity index (χ3n) is 3.76. The fraction of sp³-hybridized carbons (Fsp3) is 0.471. The summed E-state index contributed by atoms with van der Waals surface area (Å²) >= 11 is 0. The molecule has 0 radical (unpaired) electrons. The highest BCUT2D eigenvalue weighted by molar-refractivity contribution is 5.81. The third kappa shape index (κ3) is 3.54. The molecule has 1 heterocycles. The molecule has 0 saturated carbocycles. The molecule has 102 valence electrons. The SMILES string of the molecule is CCC(NCCc1cccc2cccnc12)C(C)C. The Morgan fingerprint density at radius 2 is 1.95 bits per heavy atom. The smallest absolute Gasteiger partial charge is 0.0734 e. The van der Waals surface area contributed by atoms with Gasteiger partial charge in [-0.3, -0.25) is 4.98 Å². The van der Waals surface area contributed by atoms with Crippen LogP contribution in [0.4, 0.5) is 0 Å². The summed E-state index contributed by atoms with van der Waals surface area (Å²) in [5.41, 5.74) is 2.48. The van der Waals surface area contributed by atoms with Gasteiger partial charge in [0.15, 0.2) is 0 Å². The van der Waals surface area contributed by atoms with Crippen LogP contribution in [-0.4, -0.2) is 17.6 Å². The van der Waals surface area contributed by atoms with Gasteiger partial charge in [-0.05, 0) is 36.9 Å². The van der Waals surface area contributed by atoms with E-state index in [1.54, 1.807) is 0 Å². The monoisotopic (exact) mass is 256 g/mol. The van der Waals surface area contributed by atoms with E-state index in [4.69, 9.17) is 0 Å². The number of fused-ring (bicyclic) bond motifs is 1. The van der Waals surface area contributed by atoms with Gasteiger partial charge in [0.05, 0.1) is 5.52 Å². The van der Waals surface area contributed by atoms with E-state index in [-0.39, 0.29) is 0 Å². The quantitative estimate of drug-likeness (QED) is 0.850. The molecule has 0 saturated heterocycles. The molecule has 1 unspecified atom stereocenters. The highest BCUT2D eigenvalue weighted by atomic mass is 14.9. The van der Waals surface area contributed by atoms with Gasteiger partial charge in [0, 0.05) is 17.6 Å². The van der Waals surface area contributed by atoms with Gasteiger partial charge in [-0.2, -0.15) is 0 Å². The van der Waals surface area contributed by atoms with Crippen LogP contribution in [0.25, 0.3) is 10.9 Å². The molecule has 1 aromatic heterocycles. The number of hydrogen-bond donors (Lipinski definition) is 1. The van der Waals surface area contributed by atoms with Crippen LogP contribution in [0.15, 0.2) is 36.5 Å². The van der Waals surface area contributed by atoms with E-state index >= 15 is 0 Å². The van der Waals surface area contributed by atoms with E-state index in [2.05, 4.69) is 55.3 Å². The van der Waals surface area contributed by atoms with Crippen molar-refractivity contribution in [1.29, 1.82) is 0 Å². The summed E-state index contributed by atoms with van der Waals surface area (Å²) in [7, 11) is 0. The summed E-state index contributed by atoms with van der Waals surface area (Å²) in [5.74, 6) is 0.690. The molecule has 19 heavy (non-hydrogen) atoms. The van der Waals surface area contributed by atoms with Crippen LogP contribution in [0.1, 0.15) is 32.8 Å². The summed E-state index contributed by atoms with van der Waals surface area (Å²) in [6, 6.07) is 11.2. The minimum atomic E-state index is 0.614. The topological polar surface area (TPSA) is 24.9 Å². The third-order valence-corrected chi connectivity index (χ3v) is 3.76. The predicted octanol–water partition coefficient (Wildman–Crippen LogP) is 3.80. The van der Waals surface area contributed by atoms with E-state index in [1.165, 1.54) is 17.4 Å². The normalized spacial score (nSPS) is 13.1. The molecule has 0 bridgehead atoms. The number of rotatable bonds is 6. The maximum Gasteiger partial charge on any atom is 0.0734 e. The molecular weight excluding hydrogens is 232 g/mol. The maximum atomic E-state index is 4.51. The average Bonchev–Trinajstić information content (AvgIpc) is 2.43. The Hall–Kier alpha value is -1.41. The number of nitrogens with zero attached hydrogens (tertiary/aromatic N) is 1. The molecule has 2 nitrogen and oxygen atoms in total. The maximum absolute atomic E-state index is 4.51. The molecule has 1 atom stereocenters. The number of benzene rings is 1. The molecule has 0 aliphatic rings. The van der Waals surface area contributed by atoms with Gasteiger partial charge in [0.25, 0.3) is 0 Å². The Balaban J connectivity index is 2.02. The summed E-state index contributed by atoms with van der Waals surface area (Å²) in [4.78, 5) is 4.51. The molecule has 2 aromatic rings. The highest BCUT2D eigenvalue weighted by Crippen LogP contribution is 2.16. The van der Waals surface area contributed by atoms with Crippen LogP contribution in [0, 0.1) is 5.92 Å². The van der Waals surface area contributed by atoms with Crippen molar-refractivity contribution in [3.05, 3.63) is 42.1 Å². The van der Waals surface area contributed by atoms with Gasteiger partial charge in [-0.1, -0.05) is 45.0 Å². The van der Waals surface area contributed by atoms with Crippen molar-refractivity contribution in [2.24, 2.45) is 5.92 Å². The first-order valence-corrected chi connectivity index (χ1v) is 7.28. The molecule has 0 spiro atoms.